The van der Waals surface area contributed by atoms with Crippen molar-refractivity contribution in [2.45, 2.75) is 52.2 Å². The van der Waals surface area contributed by atoms with Crippen molar-refractivity contribution in [3.05, 3.63) is 23.3 Å². The monoisotopic (exact) mass is 289 g/mol. The standard InChI is InChI=1S/C16H23N3O2/c1-4-5-14-17-7-12-13(18-14)8-21-16(12)9-19(10-16)15(20)6-11(2)3/h7,11H,4-6,8-10H2,1-3H3. The molecule has 0 atom stereocenters. The van der Waals surface area contributed by atoms with E-state index in [1.165, 1.54) is 0 Å². The molecule has 0 saturated carbocycles. The molecule has 0 unspecified atom stereocenters. The highest BCUT2D eigenvalue weighted by atomic mass is 16.5. The Kier molecular flexibility index (Phi) is 3.69. The molecule has 1 aromatic heterocycles. The lowest BCUT2D eigenvalue weighted by molar-refractivity contribution is -0.169. The largest absolute Gasteiger partial charge is 0.360 e. The summed E-state index contributed by atoms with van der Waals surface area (Å²) in [4.78, 5) is 23.0. The number of aryl methyl sites for hydroxylation is 1. The van der Waals surface area contributed by atoms with Crippen LogP contribution in [0.4, 0.5) is 0 Å². The number of hydrogen-bond acceptors (Lipinski definition) is 4. The summed E-state index contributed by atoms with van der Waals surface area (Å²) in [6.07, 6.45) is 4.46. The topological polar surface area (TPSA) is 55.3 Å². The van der Waals surface area contributed by atoms with E-state index in [0.717, 1.165) is 29.9 Å². The number of fused-ring (bicyclic) bond motifs is 2. The quantitative estimate of drug-likeness (QED) is 0.851. The number of carbonyl (C=O) groups is 1. The predicted molar refractivity (Wildman–Crippen MR) is 78.5 cm³/mol. The molecular formula is C16H23N3O2. The van der Waals surface area contributed by atoms with E-state index < -0.39 is 0 Å². The number of rotatable bonds is 4. The van der Waals surface area contributed by atoms with Gasteiger partial charge in [0.15, 0.2) is 0 Å². The van der Waals surface area contributed by atoms with Gasteiger partial charge in [0.2, 0.25) is 5.91 Å². The van der Waals surface area contributed by atoms with Gasteiger partial charge in [-0.1, -0.05) is 20.8 Å². The van der Waals surface area contributed by atoms with Crippen LogP contribution in [0.15, 0.2) is 6.20 Å². The average molecular weight is 289 g/mol. The Bertz CT molecular complexity index is 550. The van der Waals surface area contributed by atoms with Crippen molar-refractivity contribution >= 4 is 5.91 Å². The van der Waals surface area contributed by atoms with Gasteiger partial charge in [0.1, 0.15) is 11.4 Å². The summed E-state index contributed by atoms with van der Waals surface area (Å²) in [5.41, 5.74) is 1.74. The van der Waals surface area contributed by atoms with Gasteiger partial charge in [0.25, 0.3) is 0 Å². The molecular weight excluding hydrogens is 266 g/mol. The number of ether oxygens (including phenoxy) is 1. The second-order valence-corrected chi connectivity index (χ2v) is 6.53. The highest BCUT2D eigenvalue weighted by molar-refractivity contribution is 5.77. The van der Waals surface area contributed by atoms with Gasteiger partial charge in [-0.3, -0.25) is 4.79 Å². The minimum atomic E-state index is -0.341. The third-order valence-corrected chi connectivity index (χ3v) is 4.20. The molecule has 1 saturated heterocycles. The number of amides is 1. The molecule has 1 spiro atoms. The van der Waals surface area contributed by atoms with Crippen molar-refractivity contribution in [1.29, 1.82) is 0 Å². The fourth-order valence-corrected chi connectivity index (χ4v) is 3.06. The third kappa shape index (κ3) is 2.55. The predicted octanol–water partition coefficient (Wildman–Crippen LogP) is 2.04. The Balaban J connectivity index is 1.70. The summed E-state index contributed by atoms with van der Waals surface area (Å²) in [5.74, 6) is 1.51. The average Bonchev–Trinajstić information content (AvgIpc) is 2.75. The Morgan fingerprint density at radius 1 is 1.48 bits per heavy atom. The third-order valence-electron chi connectivity index (χ3n) is 4.20. The molecule has 114 valence electrons. The molecule has 3 rings (SSSR count). The summed E-state index contributed by atoms with van der Waals surface area (Å²) in [6, 6.07) is 0. The van der Waals surface area contributed by atoms with Crippen LogP contribution in [-0.4, -0.2) is 33.9 Å². The zero-order chi connectivity index (χ0) is 15.0. The fraction of sp³-hybridized carbons (Fsp3) is 0.688. The lowest BCUT2D eigenvalue weighted by Crippen LogP contribution is -2.61. The van der Waals surface area contributed by atoms with E-state index in [2.05, 4.69) is 30.7 Å². The molecule has 5 heteroatoms. The summed E-state index contributed by atoms with van der Waals surface area (Å²) in [5, 5.41) is 0. The summed E-state index contributed by atoms with van der Waals surface area (Å²) < 4.78 is 5.97. The van der Waals surface area contributed by atoms with Crippen molar-refractivity contribution in [1.82, 2.24) is 14.9 Å². The van der Waals surface area contributed by atoms with Gasteiger partial charge in [-0.05, 0) is 12.3 Å². The molecule has 5 nitrogen and oxygen atoms in total. The van der Waals surface area contributed by atoms with Crippen LogP contribution in [0.2, 0.25) is 0 Å². The molecule has 1 amide bonds. The zero-order valence-electron chi connectivity index (χ0n) is 13.1. The Morgan fingerprint density at radius 2 is 2.24 bits per heavy atom. The minimum absolute atomic E-state index is 0.219. The summed E-state index contributed by atoms with van der Waals surface area (Å²) in [6.45, 7) is 8.08. The van der Waals surface area contributed by atoms with Crippen LogP contribution < -0.4 is 0 Å². The maximum atomic E-state index is 12.1. The zero-order valence-corrected chi connectivity index (χ0v) is 13.1. The van der Waals surface area contributed by atoms with Crippen molar-refractivity contribution in [2.75, 3.05) is 13.1 Å². The SMILES string of the molecule is CCCc1ncc2c(n1)COC21CN(C(=O)CC(C)C)C1. The number of aromatic nitrogens is 2. The number of nitrogens with zero attached hydrogens (tertiary/aromatic N) is 3. The maximum Gasteiger partial charge on any atom is 0.223 e. The fourth-order valence-electron chi connectivity index (χ4n) is 3.06. The van der Waals surface area contributed by atoms with Gasteiger partial charge < -0.3 is 9.64 Å². The molecule has 2 aliphatic heterocycles. The highest BCUT2D eigenvalue weighted by Gasteiger charge is 2.52. The van der Waals surface area contributed by atoms with Crippen LogP contribution in [0, 0.1) is 5.92 Å². The van der Waals surface area contributed by atoms with Gasteiger partial charge in [0, 0.05) is 24.6 Å². The first-order valence-electron chi connectivity index (χ1n) is 7.81. The molecule has 3 heterocycles. The van der Waals surface area contributed by atoms with E-state index in [4.69, 9.17) is 4.74 Å². The van der Waals surface area contributed by atoms with E-state index in [1.54, 1.807) is 0 Å². The molecule has 0 aliphatic carbocycles. The Hall–Kier alpha value is -1.49. The van der Waals surface area contributed by atoms with E-state index >= 15 is 0 Å². The number of likely N-dealkylation sites (tertiary alicyclic amines) is 1. The van der Waals surface area contributed by atoms with Gasteiger partial charge in [-0.2, -0.15) is 0 Å². The first kappa shape index (κ1) is 14.4. The van der Waals surface area contributed by atoms with E-state index in [9.17, 15) is 4.79 Å². The van der Waals surface area contributed by atoms with Crippen molar-refractivity contribution in [3.63, 3.8) is 0 Å². The van der Waals surface area contributed by atoms with Gasteiger partial charge >= 0.3 is 0 Å². The van der Waals surface area contributed by atoms with E-state index in [1.807, 2.05) is 11.1 Å². The number of carbonyl (C=O) groups excluding carboxylic acids is 1. The Labute approximate surface area is 125 Å². The van der Waals surface area contributed by atoms with Gasteiger partial charge in [-0.15, -0.1) is 0 Å². The second-order valence-electron chi connectivity index (χ2n) is 6.53. The maximum absolute atomic E-state index is 12.1. The molecule has 1 aromatic rings. The number of hydrogen-bond donors (Lipinski definition) is 0. The first-order valence-corrected chi connectivity index (χ1v) is 7.81. The lowest BCUT2D eigenvalue weighted by atomic mass is 9.87. The minimum Gasteiger partial charge on any atom is -0.360 e. The Morgan fingerprint density at radius 3 is 2.90 bits per heavy atom. The van der Waals surface area contributed by atoms with Gasteiger partial charge in [-0.25, -0.2) is 9.97 Å². The molecule has 0 N–H and O–H groups in total. The summed E-state index contributed by atoms with van der Waals surface area (Å²) in [7, 11) is 0. The highest BCUT2D eigenvalue weighted by Crippen LogP contribution is 2.42. The smallest absolute Gasteiger partial charge is 0.223 e. The molecule has 21 heavy (non-hydrogen) atoms. The van der Waals surface area contributed by atoms with Gasteiger partial charge in [0.05, 0.1) is 25.4 Å². The summed E-state index contributed by atoms with van der Waals surface area (Å²) >= 11 is 0. The van der Waals surface area contributed by atoms with Crippen LogP contribution in [-0.2, 0) is 28.2 Å². The van der Waals surface area contributed by atoms with Crippen LogP contribution >= 0.6 is 0 Å². The lowest BCUT2D eigenvalue weighted by Gasteiger charge is -2.47. The van der Waals surface area contributed by atoms with Crippen LogP contribution in [0.5, 0.6) is 0 Å². The first-order chi connectivity index (χ1) is 10.0. The molecule has 0 radical (unpaired) electrons. The van der Waals surface area contributed by atoms with Crippen molar-refractivity contribution in [3.8, 4) is 0 Å². The molecule has 0 bridgehead atoms. The van der Waals surface area contributed by atoms with Crippen molar-refractivity contribution in [2.24, 2.45) is 5.92 Å². The van der Waals surface area contributed by atoms with Crippen LogP contribution in [0.25, 0.3) is 0 Å². The van der Waals surface area contributed by atoms with E-state index in [0.29, 0.717) is 32.0 Å². The van der Waals surface area contributed by atoms with Crippen LogP contribution in [0.1, 0.15) is 50.7 Å². The van der Waals surface area contributed by atoms with Crippen molar-refractivity contribution < 1.29 is 9.53 Å². The van der Waals surface area contributed by atoms with Crippen LogP contribution in [0.3, 0.4) is 0 Å². The second kappa shape index (κ2) is 5.37. The molecule has 1 fully saturated rings. The molecule has 0 aromatic carbocycles. The normalized spacial score (nSPS) is 19.0. The van der Waals surface area contributed by atoms with E-state index in [-0.39, 0.29) is 11.5 Å². The molecule has 2 aliphatic rings.